The van der Waals surface area contributed by atoms with E-state index in [-0.39, 0.29) is 21.8 Å². The number of rotatable bonds is 7. The lowest BCUT2D eigenvalue weighted by molar-refractivity contribution is -0.275. The Morgan fingerprint density at radius 2 is 0.978 bits per heavy atom. The molecule has 0 amide bonds. The summed E-state index contributed by atoms with van der Waals surface area (Å²) < 4.78 is 80.3. The van der Waals surface area contributed by atoms with Gasteiger partial charge >= 0.3 is 12.7 Å². The zero-order chi connectivity index (χ0) is 33.5. The highest BCUT2D eigenvalue weighted by molar-refractivity contribution is 6.32. The second-order valence-corrected chi connectivity index (χ2v) is 10.9. The number of halogens is 9. The molecule has 0 bridgehead atoms. The molecule has 2 N–H and O–H groups in total. The molecule has 0 saturated carbocycles. The topological polar surface area (TPSA) is 74.8 Å². The standard InChI is InChI=1S/C17H18ClF3N4O.C12H7Cl2F3N2O/c1-24-6-8-25(9-7-24)16-11-13(10-15(18)23-16)22-12-2-4-14(5-3-12)26-17(19,20)21;13-10-5-8(6-11(14)19-10)18-7-1-3-9(4-2-7)20-12(15,16)17/h2-5,10-11H,6-9H2,1H3,(H,22,23);1-6H,(H,18,19). The highest BCUT2D eigenvalue weighted by Crippen LogP contribution is 2.29. The fourth-order valence-corrected chi connectivity index (χ4v) is 4.77. The monoisotopic (exact) mass is 708 g/mol. The number of piperazine rings is 1. The van der Waals surface area contributed by atoms with E-state index in [1.165, 1.54) is 60.7 Å². The van der Waals surface area contributed by atoms with Gasteiger partial charge in [0, 0.05) is 55.0 Å². The first-order valence-corrected chi connectivity index (χ1v) is 14.4. The first kappa shape index (κ1) is 35.0. The van der Waals surface area contributed by atoms with Gasteiger partial charge in [-0.3, -0.25) is 0 Å². The number of alkyl halides is 6. The summed E-state index contributed by atoms with van der Waals surface area (Å²) in [6, 6.07) is 17.4. The quantitative estimate of drug-likeness (QED) is 0.145. The number of benzene rings is 2. The highest BCUT2D eigenvalue weighted by atomic mass is 35.5. The van der Waals surface area contributed by atoms with Crippen molar-refractivity contribution in [3.8, 4) is 11.5 Å². The minimum absolute atomic E-state index is 0.206. The maximum atomic E-state index is 12.2. The van der Waals surface area contributed by atoms with Gasteiger partial charge in [0.1, 0.15) is 32.8 Å². The highest BCUT2D eigenvalue weighted by Gasteiger charge is 2.31. The Labute approximate surface area is 274 Å². The molecule has 1 saturated heterocycles. The van der Waals surface area contributed by atoms with Crippen LogP contribution in [0.3, 0.4) is 0 Å². The molecule has 2 aromatic carbocycles. The average Bonchev–Trinajstić information content (AvgIpc) is 2.94. The van der Waals surface area contributed by atoms with Crippen LogP contribution < -0.4 is 25.0 Å². The van der Waals surface area contributed by atoms with Crippen molar-refractivity contribution in [3.63, 3.8) is 0 Å². The fourth-order valence-electron chi connectivity index (χ4n) is 4.10. The van der Waals surface area contributed by atoms with Crippen LogP contribution in [0.25, 0.3) is 0 Å². The summed E-state index contributed by atoms with van der Waals surface area (Å²) in [4.78, 5) is 12.5. The number of likely N-dealkylation sites (N-methyl/N-ethyl adjacent to an activating group) is 1. The Morgan fingerprint density at radius 3 is 1.39 bits per heavy atom. The van der Waals surface area contributed by atoms with Gasteiger partial charge in [-0.2, -0.15) is 0 Å². The summed E-state index contributed by atoms with van der Waals surface area (Å²) in [5.41, 5.74) is 2.45. The molecule has 0 atom stereocenters. The van der Waals surface area contributed by atoms with Crippen molar-refractivity contribution in [3.05, 3.63) is 88.3 Å². The van der Waals surface area contributed by atoms with Crippen molar-refractivity contribution >= 4 is 63.4 Å². The SMILES string of the molecule is CN1CCN(c2cc(Nc3ccc(OC(F)(F)F)cc3)cc(Cl)n2)CC1.FC(F)(F)Oc1ccc(Nc2cc(Cl)nc(Cl)c2)cc1. The van der Waals surface area contributed by atoms with E-state index in [1.807, 2.05) is 6.07 Å². The molecular weight excluding hydrogens is 685 g/mol. The normalized spacial score (nSPS) is 13.8. The Morgan fingerprint density at radius 1 is 0.587 bits per heavy atom. The number of hydrogen-bond donors (Lipinski definition) is 2. The molecule has 17 heteroatoms. The minimum Gasteiger partial charge on any atom is -0.406 e. The minimum atomic E-state index is -4.71. The first-order valence-electron chi connectivity index (χ1n) is 13.3. The molecule has 0 unspecified atom stereocenters. The van der Waals surface area contributed by atoms with Gasteiger partial charge in [-0.05, 0) is 73.8 Å². The van der Waals surface area contributed by atoms with Crippen molar-refractivity contribution in [2.75, 3.05) is 48.8 Å². The van der Waals surface area contributed by atoms with Gasteiger partial charge in [0.25, 0.3) is 0 Å². The molecule has 2 aromatic heterocycles. The Kier molecular flexibility index (Phi) is 11.5. The summed E-state index contributed by atoms with van der Waals surface area (Å²) >= 11 is 17.6. The lowest BCUT2D eigenvalue weighted by Crippen LogP contribution is -2.44. The van der Waals surface area contributed by atoms with Crippen molar-refractivity contribution in [1.82, 2.24) is 14.9 Å². The van der Waals surface area contributed by atoms with Crippen LogP contribution in [0.1, 0.15) is 0 Å². The molecule has 5 rings (SSSR count). The third-order valence-electron chi connectivity index (χ3n) is 6.12. The van der Waals surface area contributed by atoms with Crippen molar-refractivity contribution < 1.29 is 35.8 Å². The van der Waals surface area contributed by atoms with Crippen molar-refractivity contribution in [2.24, 2.45) is 0 Å². The molecule has 4 aromatic rings. The van der Waals surface area contributed by atoms with E-state index in [2.05, 4.69) is 46.9 Å². The van der Waals surface area contributed by atoms with E-state index in [0.29, 0.717) is 27.9 Å². The van der Waals surface area contributed by atoms with E-state index >= 15 is 0 Å². The zero-order valence-corrected chi connectivity index (χ0v) is 26.0. The number of anilines is 5. The van der Waals surface area contributed by atoms with Crippen LogP contribution in [0.5, 0.6) is 11.5 Å². The third-order valence-corrected chi connectivity index (χ3v) is 6.70. The van der Waals surface area contributed by atoms with Gasteiger partial charge in [-0.25, -0.2) is 9.97 Å². The van der Waals surface area contributed by atoms with Crippen molar-refractivity contribution in [1.29, 1.82) is 0 Å². The molecule has 46 heavy (non-hydrogen) atoms. The Hall–Kier alpha value is -3.85. The predicted molar refractivity (Wildman–Crippen MR) is 166 cm³/mol. The molecule has 3 heterocycles. The molecular formula is C29H25Cl3F6N6O2. The zero-order valence-electron chi connectivity index (χ0n) is 23.8. The second kappa shape index (κ2) is 15.2. The lowest BCUT2D eigenvalue weighted by Gasteiger charge is -2.33. The number of pyridine rings is 2. The molecule has 246 valence electrons. The fraction of sp³-hybridized carbons (Fsp3) is 0.241. The summed E-state index contributed by atoms with van der Waals surface area (Å²) in [6.07, 6.45) is -9.41. The van der Waals surface area contributed by atoms with E-state index in [0.717, 1.165) is 32.0 Å². The molecule has 0 spiro atoms. The van der Waals surface area contributed by atoms with Crippen LogP contribution in [-0.4, -0.2) is 60.8 Å². The maximum Gasteiger partial charge on any atom is 0.573 e. The van der Waals surface area contributed by atoms with Gasteiger partial charge in [0.05, 0.1) is 0 Å². The number of aromatic nitrogens is 2. The van der Waals surface area contributed by atoms with Gasteiger partial charge < -0.3 is 29.9 Å². The van der Waals surface area contributed by atoms with E-state index in [1.54, 1.807) is 6.07 Å². The third kappa shape index (κ3) is 11.8. The largest absolute Gasteiger partial charge is 0.573 e. The van der Waals surface area contributed by atoms with Crippen LogP contribution in [0.2, 0.25) is 15.5 Å². The second-order valence-electron chi connectivity index (χ2n) is 9.72. The summed E-state index contributed by atoms with van der Waals surface area (Å²) in [5.74, 6) is 0.202. The van der Waals surface area contributed by atoms with Crippen LogP contribution >= 0.6 is 34.8 Å². The summed E-state index contributed by atoms with van der Waals surface area (Å²) in [5, 5.41) is 6.81. The summed E-state index contributed by atoms with van der Waals surface area (Å²) in [7, 11) is 2.07. The number of nitrogens with zero attached hydrogens (tertiary/aromatic N) is 4. The molecule has 1 fully saturated rings. The number of nitrogens with one attached hydrogen (secondary N) is 2. The van der Waals surface area contributed by atoms with E-state index in [4.69, 9.17) is 34.8 Å². The molecule has 8 nitrogen and oxygen atoms in total. The predicted octanol–water partition coefficient (Wildman–Crippen LogP) is 9.16. The van der Waals surface area contributed by atoms with Gasteiger partial charge in [-0.15, -0.1) is 26.3 Å². The molecule has 0 radical (unpaired) electrons. The van der Waals surface area contributed by atoms with E-state index < -0.39 is 12.7 Å². The Balaban J connectivity index is 0.000000216. The smallest absolute Gasteiger partial charge is 0.406 e. The number of ether oxygens (including phenoxy) is 2. The van der Waals surface area contributed by atoms with E-state index in [9.17, 15) is 26.3 Å². The Bertz CT molecular complexity index is 1570. The van der Waals surface area contributed by atoms with Crippen LogP contribution in [0.15, 0.2) is 72.8 Å². The molecule has 0 aliphatic carbocycles. The van der Waals surface area contributed by atoms with Gasteiger partial charge in [-0.1, -0.05) is 34.8 Å². The summed E-state index contributed by atoms with van der Waals surface area (Å²) in [6.45, 7) is 3.59. The lowest BCUT2D eigenvalue weighted by atomic mass is 10.2. The average molecular weight is 710 g/mol. The van der Waals surface area contributed by atoms with Gasteiger partial charge in [0.2, 0.25) is 0 Å². The van der Waals surface area contributed by atoms with Crippen LogP contribution in [0.4, 0.5) is 54.9 Å². The molecule has 1 aliphatic heterocycles. The van der Waals surface area contributed by atoms with Crippen LogP contribution in [-0.2, 0) is 0 Å². The molecule has 1 aliphatic rings. The maximum absolute atomic E-state index is 12.2. The number of hydrogen-bond acceptors (Lipinski definition) is 8. The van der Waals surface area contributed by atoms with Gasteiger partial charge in [0.15, 0.2) is 0 Å². The van der Waals surface area contributed by atoms with Crippen molar-refractivity contribution in [2.45, 2.75) is 12.7 Å². The first-order chi connectivity index (χ1) is 21.6. The van der Waals surface area contributed by atoms with Crippen LogP contribution in [0, 0.1) is 0 Å².